The van der Waals surface area contributed by atoms with Crippen LogP contribution in [0, 0.1) is 0 Å². The summed E-state index contributed by atoms with van der Waals surface area (Å²) in [5.41, 5.74) is -0.0620. The van der Waals surface area contributed by atoms with Gasteiger partial charge in [0.1, 0.15) is 24.0 Å². The van der Waals surface area contributed by atoms with Gasteiger partial charge in [0, 0.05) is 25.9 Å². The van der Waals surface area contributed by atoms with Crippen molar-refractivity contribution in [3.05, 3.63) is 20.4 Å². The first-order chi connectivity index (χ1) is 28.5. The van der Waals surface area contributed by atoms with Crippen LogP contribution < -0.4 is 31.7 Å². The first kappa shape index (κ1) is 54.6. The minimum Gasteiger partial charge on any atom is -0.385 e. The van der Waals surface area contributed by atoms with Crippen molar-refractivity contribution in [2.24, 2.45) is 0 Å². The van der Waals surface area contributed by atoms with E-state index in [2.05, 4.69) is 36.7 Å². The van der Waals surface area contributed by atoms with E-state index in [0.29, 0.717) is 31.0 Å². The van der Waals surface area contributed by atoms with Crippen LogP contribution in [0.1, 0.15) is 252 Å². The first-order valence-corrected chi connectivity index (χ1v) is 26.2. The molecule has 2 atom stereocenters. The summed E-state index contributed by atoms with van der Waals surface area (Å²) in [7, 11) is 0. The Morgan fingerprint density at radius 2 is 0.741 bits per heavy atom. The fourth-order valence-electron chi connectivity index (χ4n) is 8.66. The average Bonchev–Trinajstić information content (AvgIpc) is 3.23. The molecular weight excluding hydrogens is 717 g/mol. The van der Waals surface area contributed by atoms with Crippen molar-refractivity contribution >= 4 is 11.4 Å². The van der Waals surface area contributed by atoms with Crippen LogP contribution in [-0.4, -0.2) is 57.0 Å². The number of hydrogen-bond donors (Lipinski definition) is 5. The Hall–Kier alpha value is -1.44. The van der Waals surface area contributed by atoms with E-state index in [9.17, 15) is 14.7 Å². The molecule has 1 aromatic carbocycles. The fourth-order valence-corrected chi connectivity index (χ4v) is 8.66. The molecule has 6 N–H and O–H groups in total. The van der Waals surface area contributed by atoms with Crippen molar-refractivity contribution in [3.63, 3.8) is 0 Å². The van der Waals surface area contributed by atoms with Gasteiger partial charge in [-0.25, -0.2) is 0 Å². The molecule has 1 aromatic rings. The number of rotatable bonds is 48. The van der Waals surface area contributed by atoms with E-state index in [1.807, 2.05) is 0 Å². The summed E-state index contributed by atoms with van der Waals surface area (Å²) in [5, 5.41) is 20.0. The molecule has 342 valence electrons. The van der Waals surface area contributed by atoms with Crippen molar-refractivity contribution in [2.75, 3.05) is 56.4 Å². The van der Waals surface area contributed by atoms with Crippen molar-refractivity contribution < 1.29 is 15.3 Å². The lowest BCUT2D eigenvalue weighted by Gasteiger charge is -2.23. The number of unbranched alkanes of at least 4 members (excludes halogenated alkanes) is 32. The van der Waals surface area contributed by atoms with Crippen LogP contribution in [0.5, 0.6) is 0 Å². The smallest absolute Gasteiger partial charge is 0.253 e. The lowest BCUT2D eigenvalue weighted by atomic mass is 10.1. The van der Waals surface area contributed by atoms with Crippen LogP contribution in [0.2, 0.25) is 0 Å². The molecule has 0 fully saturated rings. The van der Waals surface area contributed by atoms with Crippen LogP contribution in [0.4, 0.5) is 11.4 Å². The van der Waals surface area contributed by atoms with E-state index in [1.165, 1.54) is 236 Å². The Kier molecular flexibility index (Phi) is 39.8. The molecule has 0 aliphatic rings. The summed E-state index contributed by atoms with van der Waals surface area (Å²) in [6.07, 6.45) is 47.7. The van der Waals surface area contributed by atoms with Gasteiger partial charge in [0.05, 0.1) is 26.2 Å². The molecule has 0 saturated heterocycles. The highest BCUT2D eigenvalue weighted by molar-refractivity contribution is 5.73. The van der Waals surface area contributed by atoms with E-state index in [-0.39, 0.29) is 0 Å². The molecule has 7 heteroatoms. The van der Waals surface area contributed by atoms with Gasteiger partial charge in [0.2, 0.25) is 0 Å². The Labute approximate surface area is 360 Å². The van der Waals surface area contributed by atoms with Gasteiger partial charge in [-0.3, -0.25) is 9.59 Å². The maximum Gasteiger partial charge on any atom is 0.253 e. The van der Waals surface area contributed by atoms with Gasteiger partial charge in [-0.1, -0.05) is 207 Å². The van der Waals surface area contributed by atoms with Crippen molar-refractivity contribution in [1.29, 1.82) is 0 Å². The van der Waals surface area contributed by atoms with E-state index < -0.39 is 17.0 Å². The lowest BCUT2D eigenvalue weighted by molar-refractivity contribution is -0.903. The van der Waals surface area contributed by atoms with Gasteiger partial charge < -0.3 is 26.0 Å². The maximum absolute atomic E-state index is 12.4. The molecule has 1 rings (SSSR count). The second-order valence-corrected chi connectivity index (χ2v) is 18.4. The van der Waals surface area contributed by atoms with Crippen molar-refractivity contribution in [1.82, 2.24) is 0 Å². The zero-order valence-electron chi connectivity index (χ0n) is 39.3. The predicted molar refractivity (Wildman–Crippen MR) is 255 cm³/mol. The van der Waals surface area contributed by atoms with Crippen LogP contribution in [0.3, 0.4) is 0 Å². The normalized spacial score (nSPS) is 12.8. The molecule has 2 unspecified atom stereocenters. The molecule has 0 aromatic heterocycles. The van der Waals surface area contributed by atoms with Crippen LogP contribution in [0.25, 0.3) is 0 Å². The summed E-state index contributed by atoms with van der Waals surface area (Å²) in [4.78, 5) is 26.3. The topological polar surface area (TPSA) is 99.5 Å². The largest absolute Gasteiger partial charge is 0.385 e. The molecule has 0 heterocycles. The fraction of sp³-hybridized carbons (Fsp3) is 0.922. The molecular formula is C51H102N4O3+2. The van der Waals surface area contributed by atoms with Gasteiger partial charge in [0.25, 0.3) is 10.9 Å². The first-order valence-electron chi connectivity index (χ1n) is 26.2. The van der Waals surface area contributed by atoms with Crippen molar-refractivity contribution in [3.8, 4) is 0 Å². The summed E-state index contributed by atoms with van der Waals surface area (Å²) >= 11 is 0. The summed E-state index contributed by atoms with van der Waals surface area (Å²) in [6.45, 7) is 13.2. The van der Waals surface area contributed by atoms with Gasteiger partial charge in [-0.2, -0.15) is 0 Å². The summed E-state index contributed by atoms with van der Waals surface area (Å²) in [6, 6.07) is 0. The Balaban J connectivity index is 2.34. The number of hydrogen-bond acceptors (Lipinski definition) is 5. The Morgan fingerprint density at radius 1 is 0.431 bits per heavy atom. The maximum atomic E-state index is 12.4. The summed E-state index contributed by atoms with van der Waals surface area (Å²) < 4.78 is 0. The number of aliphatic hydroxyl groups excluding tert-OH is 1. The van der Waals surface area contributed by atoms with Crippen LogP contribution in [-0.2, 0) is 0 Å². The number of quaternary nitrogens is 2. The van der Waals surface area contributed by atoms with E-state index in [1.54, 1.807) is 0 Å². The summed E-state index contributed by atoms with van der Waals surface area (Å²) in [5.74, 6) is 0. The number of nitrogens with two attached hydrogens (primary N) is 1. The monoisotopic (exact) mass is 819 g/mol. The van der Waals surface area contributed by atoms with E-state index in [4.69, 9.17) is 0 Å². The van der Waals surface area contributed by atoms with Crippen LogP contribution >= 0.6 is 0 Å². The molecule has 7 nitrogen and oxygen atoms in total. The van der Waals surface area contributed by atoms with Gasteiger partial charge in [-0.15, -0.1) is 0 Å². The van der Waals surface area contributed by atoms with Gasteiger partial charge in [0.15, 0.2) is 0 Å². The highest BCUT2D eigenvalue weighted by Gasteiger charge is 2.22. The van der Waals surface area contributed by atoms with E-state index >= 15 is 0 Å². The molecule has 0 aliphatic carbocycles. The number of aliphatic hydroxyl groups is 1. The van der Waals surface area contributed by atoms with Crippen molar-refractivity contribution in [2.45, 2.75) is 258 Å². The Morgan fingerprint density at radius 3 is 1.16 bits per heavy atom. The van der Waals surface area contributed by atoms with Crippen LogP contribution in [0.15, 0.2) is 9.59 Å². The minimum absolute atomic E-state index is 0.312. The zero-order chi connectivity index (χ0) is 42.0. The molecule has 0 radical (unpaired) electrons. The number of nitrogens with one attached hydrogen (secondary N) is 3. The molecule has 58 heavy (non-hydrogen) atoms. The third-order valence-electron chi connectivity index (χ3n) is 12.6. The average molecular weight is 819 g/mol. The molecule has 0 spiro atoms. The van der Waals surface area contributed by atoms with E-state index in [0.717, 1.165) is 25.9 Å². The zero-order valence-corrected chi connectivity index (χ0v) is 39.3. The standard InChI is InChI=1S/C51H100N4O3/c1-4-7-10-13-16-19-22-24-26-29-32-35-40-52-41-37-39-44-55(43-38-34-31-28-25-23-20-17-14-11-8-5-2)46-47(56)45-54-49-48(50(57)51(49)58)53-42-36-33-30-27-21-18-15-12-9-6-3/h47,52-54,56H,4-46H2,1-3H3/p+2. The SMILES string of the molecule is CCCCCCCCCCCCCC[NH2+]CCCC[NH+](CCCCCCCCCCCCCC)CC(O)CNc1c(NCCCCCCCCCCCC)c(=O)c1=O. The highest BCUT2D eigenvalue weighted by Crippen LogP contribution is 2.16. The minimum atomic E-state index is -0.552. The lowest BCUT2D eigenvalue weighted by Crippen LogP contribution is -3.13. The number of anilines is 2. The predicted octanol–water partition coefficient (Wildman–Crippen LogP) is 11.0. The Bertz CT molecular complexity index is 1060. The second-order valence-electron chi connectivity index (χ2n) is 18.4. The molecule has 0 aliphatic heterocycles. The quantitative estimate of drug-likeness (QED) is 0.0333. The molecule has 0 bridgehead atoms. The highest BCUT2D eigenvalue weighted by atomic mass is 16.3. The molecule has 0 saturated carbocycles. The van der Waals surface area contributed by atoms with Gasteiger partial charge in [-0.05, 0) is 32.1 Å². The molecule has 0 amide bonds. The third kappa shape index (κ3) is 32.3. The second kappa shape index (κ2) is 42.3. The third-order valence-corrected chi connectivity index (χ3v) is 12.6. The van der Waals surface area contributed by atoms with Gasteiger partial charge >= 0.3 is 0 Å².